The zero-order chi connectivity index (χ0) is 30.9. The number of fused-ring (bicyclic) bond motifs is 2. The van der Waals surface area contributed by atoms with Gasteiger partial charge in [-0.15, -0.1) is 11.3 Å². The van der Waals surface area contributed by atoms with Crippen LogP contribution in [0, 0.1) is 11.7 Å². The summed E-state index contributed by atoms with van der Waals surface area (Å²) in [7, 11) is -2.61. The molecule has 43 heavy (non-hydrogen) atoms. The molecule has 2 amide bonds. The molecule has 0 radical (unpaired) electrons. The lowest BCUT2D eigenvalue weighted by molar-refractivity contribution is 0.0388. The second-order valence-electron chi connectivity index (χ2n) is 10.5. The van der Waals surface area contributed by atoms with Gasteiger partial charge >= 0.3 is 0 Å². The summed E-state index contributed by atoms with van der Waals surface area (Å²) >= 11 is 1.22. The summed E-state index contributed by atoms with van der Waals surface area (Å²) in [6.07, 6.45) is -0.777. The molecule has 0 aliphatic carbocycles. The Labute approximate surface area is 252 Å². The number of para-hydroxylation sites is 2. The number of benzene rings is 3. The van der Waals surface area contributed by atoms with Crippen LogP contribution in [0.15, 0.2) is 71.6 Å². The number of carbonyl (C=O) groups is 2. The molecule has 1 aliphatic heterocycles. The second kappa shape index (κ2) is 12.4. The van der Waals surface area contributed by atoms with Crippen molar-refractivity contribution in [3.8, 4) is 5.75 Å². The summed E-state index contributed by atoms with van der Waals surface area (Å²) in [5.74, 6) is -1.76. The number of aliphatic hydroxyl groups is 1. The predicted molar refractivity (Wildman–Crippen MR) is 161 cm³/mol. The number of thiazole rings is 1. The van der Waals surface area contributed by atoms with Crippen LogP contribution in [0.3, 0.4) is 0 Å². The molecule has 3 aromatic carbocycles. The lowest BCUT2D eigenvalue weighted by Crippen LogP contribution is -2.50. The quantitative estimate of drug-likeness (QED) is 0.300. The first-order chi connectivity index (χ1) is 20.5. The minimum absolute atomic E-state index is 0.0789. The minimum Gasteiger partial charge on any atom is -0.486 e. The van der Waals surface area contributed by atoms with Gasteiger partial charge in [-0.05, 0) is 55.5 Å². The molecular weight excluding hydrogens is 595 g/mol. The topological polar surface area (TPSA) is 129 Å². The fraction of sp³-hybridized carbons (Fsp3) is 0.300. The van der Waals surface area contributed by atoms with Crippen molar-refractivity contribution in [2.75, 3.05) is 32.1 Å². The summed E-state index contributed by atoms with van der Waals surface area (Å²) in [4.78, 5) is 32.9. The number of hydrogen-bond donors (Lipinski definition) is 2. The summed E-state index contributed by atoms with van der Waals surface area (Å²) in [5, 5.41) is 13.0. The molecule has 4 aromatic rings. The first-order valence-electron chi connectivity index (χ1n) is 13.6. The number of ether oxygens (including phenoxy) is 1. The van der Waals surface area contributed by atoms with E-state index in [1.54, 1.807) is 25.1 Å². The maximum atomic E-state index is 13.7. The van der Waals surface area contributed by atoms with E-state index < -0.39 is 45.7 Å². The van der Waals surface area contributed by atoms with E-state index in [-0.39, 0.29) is 46.6 Å². The summed E-state index contributed by atoms with van der Waals surface area (Å²) in [6.45, 7) is 3.31. The number of sulfonamides is 1. The monoisotopic (exact) mass is 626 g/mol. The lowest BCUT2D eigenvalue weighted by Gasteiger charge is -2.38. The molecule has 5 rings (SSSR count). The second-order valence-corrected chi connectivity index (χ2v) is 13.6. The van der Waals surface area contributed by atoms with Gasteiger partial charge in [0.1, 0.15) is 11.9 Å². The first kappa shape index (κ1) is 30.5. The van der Waals surface area contributed by atoms with Crippen LogP contribution >= 0.6 is 11.3 Å². The van der Waals surface area contributed by atoms with E-state index in [2.05, 4.69) is 10.3 Å². The molecule has 0 saturated heterocycles. The number of aromatic nitrogens is 1. The third-order valence-electron chi connectivity index (χ3n) is 7.39. The van der Waals surface area contributed by atoms with Crippen LogP contribution in [0.1, 0.15) is 34.0 Å². The summed E-state index contributed by atoms with van der Waals surface area (Å²) < 4.78 is 48.5. The van der Waals surface area contributed by atoms with Gasteiger partial charge in [-0.3, -0.25) is 9.59 Å². The number of aliphatic hydroxyl groups excluding tert-OH is 1. The molecule has 1 aromatic heterocycles. The predicted octanol–water partition coefficient (Wildman–Crippen LogP) is 4.23. The van der Waals surface area contributed by atoms with E-state index >= 15 is 0 Å². The van der Waals surface area contributed by atoms with Gasteiger partial charge in [0.2, 0.25) is 10.0 Å². The van der Waals surface area contributed by atoms with Gasteiger partial charge < -0.3 is 20.1 Å². The smallest absolute Gasteiger partial charge is 0.284 e. The molecule has 10 nitrogen and oxygen atoms in total. The van der Waals surface area contributed by atoms with Crippen molar-refractivity contribution in [3.63, 3.8) is 0 Å². The zero-order valence-corrected chi connectivity index (χ0v) is 25.4. The SMILES string of the molecule is C[C@@H]1CN([C@H](C)CO)C(=O)c2cccc(NC(=O)c3nc4ccccc4s3)c2O[C@H]1CN(C)S(=O)(=O)c1ccc(F)cc1. The average Bonchev–Trinajstić information content (AvgIpc) is 3.44. The van der Waals surface area contributed by atoms with Gasteiger partial charge in [0.15, 0.2) is 10.8 Å². The largest absolute Gasteiger partial charge is 0.486 e. The van der Waals surface area contributed by atoms with Crippen LogP contribution in [0.25, 0.3) is 10.2 Å². The Hall–Kier alpha value is -3.91. The number of anilines is 1. The lowest BCUT2D eigenvalue weighted by atomic mass is 9.99. The third kappa shape index (κ3) is 6.25. The van der Waals surface area contributed by atoms with Crippen molar-refractivity contribution >= 4 is 49.1 Å². The molecule has 13 heteroatoms. The number of amides is 2. The van der Waals surface area contributed by atoms with Crippen molar-refractivity contribution in [1.29, 1.82) is 0 Å². The van der Waals surface area contributed by atoms with Gasteiger partial charge in [0, 0.05) is 19.5 Å². The number of halogens is 1. The molecule has 2 heterocycles. The standard InChI is InChI=1S/C30H31FN4O6S2/c1-18-15-35(19(2)17-36)30(38)22-7-6-9-24(32-28(37)29-33-23-8-4-5-10-26(23)42-29)27(22)41-25(18)16-34(3)43(39,40)21-13-11-20(31)12-14-21/h4-14,18-19,25,36H,15-17H2,1-3H3,(H,32,37)/t18-,19-,25+/m1/s1. The van der Waals surface area contributed by atoms with Gasteiger partial charge in [-0.25, -0.2) is 17.8 Å². The number of likely N-dealkylation sites (N-methyl/N-ethyl adjacent to an activating group) is 1. The summed E-state index contributed by atoms with van der Waals surface area (Å²) in [5.41, 5.74) is 1.05. The fourth-order valence-electron chi connectivity index (χ4n) is 4.84. The molecule has 0 bridgehead atoms. The van der Waals surface area contributed by atoms with Crippen LogP contribution in [0.4, 0.5) is 10.1 Å². The minimum atomic E-state index is -4.01. The summed E-state index contributed by atoms with van der Waals surface area (Å²) in [6, 6.07) is 16.1. The van der Waals surface area contributed by atoms with Crippen LogP contribution in [-0.4, -0.2) is 78.4 Å². The Balaban J connectivity index is 1.51. The van der Waals surface area contributed by atoms with E-state index in [0.29, 0.717) is 5.52 Å². The van der Waals surface area contributed by atoms with E-state index in [0.717, 1.165) is 21.1 Å². The molecule has 0 spiro atoms. The zero-order valence-electron chi connectivity index (χ0n) is 23.7. The average molecular weight is 627 g/mol. The Morgan fingerprint density at radius 3 is 2.60 bits per heavy atom. The van der Waals surface area contributed by atoms with E-state index in [1.807, 2.05) is 31.2 Å². The van der Waals surface area contributed by atoms with Gasteiger partial charge in [0.05, 0.1) is 45.6 Å². The van der Waals surface area contributed by atoms with Crippen LogP contribution in [0.2, 0.25) is 0 Å². The highest BCUT2D eigenvalue weighted by Crippen LogP contribution is 2.36. The van der Waals surface area contributed by atoms with Crippen LogP contribution in [-0.2, 0) is 10.0 Å². The fourth-order valence-corrected chi connectivity index (χ4v) is 6.89. The Morgan fingerprint density at radius 1 is 1.19 bits per heavy atom. The molecule has 3 atom stereocenters. The maximum Gasteiger partial charge on any atom is 0.284 e. The van der Waals surface area contributed by atoms with Gasteiger partial charge in [0.25, 0.3) is 11.8 Å². The Bertz CT molecular complexity index is 1730. The Kier molecular flexibility index (Phi) is 8.79. The van der Waals surface area contributed by atoms with Gasteiger partial charge in [-0.1, -0.05) is 25.1 Å². The van der Waals surface area contributed by atoms with Crippen molar-refractivity contribution in [2.24, 2.45) is 5.92 Å². The highest BCUT2D eigenvalue weighted by molar-refractivity contribution is 7.89. The normalized spacial score (nSPS) is 18.1. The van der Waals surface area contributed by atoms with Crippen LogP contribution < -0.4 is 10.1 Å². The van der Waals surface area contributed by atoms with E-state index in [9.17, 15) is 27.5 Å². The maximum absolute atomic E-state index is 13.7. The van der Waals surface area contributed by atoms with Crippen LogP contribution in [0.5, 0.6) is 5.75 Å². The number of hydrogen-bond acceptors (Lipinski definition) is 8. The molecule has 2 N–H and O–H groups in total. The van der Waals surface area contributed by atoms with Crippen molar-refractivity contribution in [1.82, 2.24) is 14.2 Å². The third-order valence-corrected chi connectivity index (χ3v) is 10.3. The first-order valence-corrected chi connectivity index (χ1v) is 15.9. The van der Waals surface area contributed by atoms with Crippen molar-refractivity contribution in [2.45, 2.75) is 30.9 Å². The van der Waals surface area contributed by atoms with Gasteiger partial charge in [-0.2, -0.15) is 4.31 Å². The van der Waals surface area contributed by atoms with E-state index in [1.165, 1.54) is 35.4 Å². The number of rotatable bonds is 8. The number of carbonyl (C=O) groups excluding carboxylic acids is 2. The van der Waals surface area contributed by atoms with Crippen molar-refractivity contribution in [3.05, 3.63) is 83.1 Å². The number of nitrogens with zero attached hydrogens (tertiary/aromatic N) is 3. The van der Waals surface area contributed by atoms with Crippen molar-refractivity contribution < 1.29 is 32.2 Å². The molecule has 0 fully saturated rings. The van der Waals surface area contributed by atoms with E-state index in [4.69, 9.17) is 4.74 Å². The molecule has 1 aliphatic rings. The molecule has 0 saturated carbocycles. The molecule has 0 unspecified atom stereocenters. The highest BCUT2D eigenvalue weighted by Gasteiger charge is 2.36. The molecule has 226 valence electrons. The molecular formula is C30H31FN4O6S2. The number of nitrogens with one attached hydrogen (secondary N) is 1. The highest BCUT2D eigenvalue weighted by atomic mass is 32.2. The Morgan fingerprint density at radius 2 is 1.91 bits per heavy atom.